The molecule has 2 aromatic carbocycles. The molecule has 1 aromatic heterocycles. The molecule has 2 N–H and O–H groups in total. The van der Waals surface area contributed by atoms with Gasteiger partial charge in [0.15, 0.2) is 5.69 Å². The fourth-order valence-corrected chi connectivity index (χ4v) is 2.50. The summed E-state index contributed by atoms with van der Waals surface area (Å²) in [6.45, 7) is 2.27. The zero-order chi connectivity index (χ0) is 18.4. The molecule has 0 aliphatic rings. The number of aromatic nitrogens is 3. The lowest BCUT2D eigenvalue weighted by Gasteiger charge is -2.10. The monoisotopic (exact) mass is 349 g/mol. The van der Waals surface area contributed by atoms with Crippen molar-refractivity contribution < 1.29 is 9.59 Å². The van der Waals surface area contributed by atoms with Crippen molar-refractivity contribution in [3.05, 3.63) is 77.6 Å². The van der Waals surface area contributed by atoms with Crippen LogP contribution in [-0.2, 0) is 17.9 Å². The lowest BCUT2D eigenvalue weighted by atomic mass is 10.1. The number of hydrogen-bond donors (Lipinski definition) is 2. The SMILES string of the molecule is CC(=O)Nc1ccccc1CNC(=O)c1cn(Cc2ccccc2)nn1. The van der Waals surface area contributed by atoms with E-state index in [-0.39, 0.29) is 24.1 Å². The van der Waals surface area contributed by atoms with Gasteiger partial charge in [0.1, 0.15) is 0 Å². The Morgan fingerprint density at radius 2 is 1.77 bits per heavy atom. The number of anilines is 1. The van der Waals surface area contributed by atoms with Gasteiger partial charge in [0.2, 0.25) is 5.91 Å². The minimum Gasteiger partial charge on any atom is -0.346 e. The molecule has 0 bridgehead atoms. The molecule has 0 spiro atoms. The number of carbonyl (C=O) groups is 2. The minimum atomic E-state index is -0.318. The molecule has 3 aromatic rings. The normalized spacial score (nSPS) is 10.3. The number of hydrogen-bond acceptors (Lipinski definition) is 4. The second kappa shape index (κ2) is 8.06. The zero-order valence-corrected chi connectivity index (χ0v) is 14.3. The Kier molecular flexibility index (Phi) is 5.38. The van der Waals surface area contributed by atoms with Gasteiger partial charge in [-0.1, -0.05) is 53.7 Å². The Morgan fingerprint density at radius 1 is 1.04 bits per heavy atom. The Balaban J connectivity index is 1.62. The molecule has 2 amide bonds. The van der Waals surface area contributed by atoms with Crippen LogP contribution in [0.4, 0.5) is 5.69 Å². The zero-order valence-electron chi connectivity index (χ0n) is 14.3. The van der Waals surface area contributed by atoms with Gasteiger partial charge in [0.25, 0.3) is 5.91 Å². The summed E-state index contributed by atoms with van der Waals surface area (Å²) in [5, 5.41) is 13.5. The van der Waals surface area contributed by atoms with Crippen molar-refractivity contribution in [3.63, 3.8) is 0 Å². The van der Waals surface area contributed by atoms with E-state index in [9.17, 15) is 9.59 Å². The number of benzene rings is 2. The average Bonchev–Trinajstić information content (AvgIpc) is 3.10. The second-order valence-corrected chi connectivity index (χ2v) is 5.81. The van der Waals surface area contributed by atoms with Crippen molar-refractivity contribution in [1.82, 2.24) is 20.3 Å². The summed E-state index contributed by atoms with van der Waals surface area (Å²) in [7, 11) is 0. The summed E-state index contributed by atoms with van der Waals surface area (Å²) in [5.74, 6) is -0.477. The van der Waals surface area contributed by atoms with Crippen LogP contribution >= 0.6 is 0 Å². The summed E-state index contributed by atoms with van der Waals surface area (Å²) in [6, 6.07) is 17.1. The molecule has 7 nitrogen and oxygen atoms in total. The number of nitrogens with zero attached hydrogens (tertiary/aromatic N) is 3. The molecular formula is C19H19N5O2. The summed E-state index contributed by atoms with van der Waals surface area (Å²) in [4.78, 5) is 23.6. The Hall–Kier alpha value is -3.48. The molecule has 0 aliphatic heterocycles. The van der Waals surface area contributed by atoms with Gasteiger partial charge in [-0.05, 0) is 17.2 Å². The van der Waals surface area contributed by atoms with Crippen molar-refractivity contribution >= 4 is 17.5 Å². The maximum absolute atomic E-state index is 12.3. The van der Waals surface area contributed by atoms with E-state index in [1.807, 2.05) is 48.5 Å². The molecule has 0 fully saturated rings. The third-order valence-corrected chi connectivity index (χ3v) is 3.73. The van der Waals surface area contributed by atoms with E-state index in [1.54, 1.807) is 16.9 Å². The Morgan fingerprint density at radius 3 is 2.54 bits per heavy atom. The predicted octanol–water partition coefficient (Wildman–Crippen LogP) is 2.21. The topological polar surface area (TPSA) is 88.9 Å². The second-order valence-electron chi connectivity index (χ2n) is 5.81. The number of rotatable bonds is 6. The summed E-state index contributed by atoms with van der Waals surface area (Å²) < 4.78 is 1.62. The number of carbonyl (C=O) groups excluding carboxylic acids is 2. The van der Waals surface area contributed by atoms with Crippen molar-refractivity contribution in [1.29, 1.82) is 0 Å². The van der Waals surface area contributed by atoms with Crippen LogP contribution in [0.1, 0.15) is 28.5 Å². The fourth-order valence-electron chi connectivity index (χ4n) is 2.50. The van der Waals surface area contributed by atoms with Crippen molar-refractivity contribution in [2.75, 3.05) is 5.32 Å². The molecule has 0 atom stereocenters. The number of amides is 2. The molecule has 1 heterocycles. The molecule has 7 heteroatoms. The molecule has 0 unspecified atom stereocenters. The van der Waals surface area contributed by atoms with E-state index in [1.165, 1.54) is 6.92 Å². The van der Waals surface area contributed by atoms with Crippen LogP contribution in [0.2, 0.25) is 0 Å². The third-order valence-electron chi connectivity index (χ3n) is 3.73. The van der Waals surface area contributed by atoms with Gasteiger partial charge in [-0.25, -0.2) is 4.68 Å². The lowest BCUT2D eigenvalue weighted by molar-refractivity contribution is -0.114. The van der Waals surface area contributed by atoms with Gasteiger partial charge in [-0.3, -0.25) is 9.59 Å². The van der Waals surface area contributed by atoms with Crippen molar-refractivity contribution in [3.8, 4) is 0 Å². The number of nitrogens with one attached hydrogen (secondary N) is 2. The van der Waals surface area contributed by atoms with Crippen LogP contribution < -0.4 is 10.6 Å². The maximum Gasteiger partial charge on any atom is 0.273 e. The van der Waals surface area contributed by atoms with E-state index in [0.717, 1.165) is 11.1 Å². The molecule has 0 aliphatic carbocycles. The Labute approximate surface area is 151 Å². The van der Waals surface area contributed by atoms with Gasteiger partial charge >= 0.3 is 0 Å². The summed E-state index contributed by atoms with van der Waals surface area (Å²) in [5.41, 5.74) is 2.81. The van der Waals surface area contributed by atoms with Gasteiger partial charge in [-0.15, -0.1) is 5.10 Å². The van der Waals surface area contributed by atoms with E-state index in [0.29, 0.717) is 12.2 Å². The smallest absolute Gasteiger partial charge is 0.273 e. The quantitative estimate of drug-likeness (QED) is 0.714. The molecule has 132 valence electrons. The van der Waals surface area contributed by atoms with Gasteiger partial charge < -0.3 is 10.6 Å². The highest BCUT2D eigenvalue weighted by atomic mass is 16.2. The third kappa shape index (κ3) is 4.54. The first-order valence-corrected chi connectivity index (χ1v) is 8.19. The van der Waals surface area contributed by atoms with Crippen LogP contribution in [0.5, 0.6) is 0 Å². The largest absolute Gasteiger partial charge is 0.346 e. The van der Waals surface area contributed by atoms with Gasteiger partial charge in [-0.2, -0.15) is 0 Å². The van der Waals surface area contributed by atoms with Crippen LogP contribution in [0, 0.1) is 0 Å². The van der Waals surface area contributed by atoms with Gasteiger partial charge in [0.05, 0.1) is 12.7 Å². The van der Waals surface area contributed by atoms with Crippen LogP contribution in [0.3, 0.4) is 0 Å². The molecule has 26 heavy (non-hydrogen) atoms. The summed E-state index contributed by atoms with van der Waals surface area (Å²) >= 11 is 0. The molecular weight excluding hydrogens is 330 g/mol. The standard InChI is InChI=1S/C19H19N5O2/c1-14(25)21-17-10-6-5-9-16(17)11-20-19(26)18-13-24(23-22-18)12-15-7-3-2-4-8-15/h2-10,13H,11-12H2,1H3,(H,20,26)(H,21,25). The van der Waals surface area contributed by atoms with E-state index in [4.69, 9.17) is 0 Å². The molecule has 0 saturated heterocycles. The molecule has 0 saturated carbocycles. The molecule has 3 rings (SSSR count). The molecule has 0 radical (unpaired) electrons. The van der Waals surface area contributed by atoms with E-state index in [2.05, 4.69) is 20.9 Å². The highest BCUT2D eigenvalue weighted by Crippen LogP contribution is 2.14. The lowest BCUT2D eigenvalue weighted by Crippen LogP contribution is -2.24. The van der Waals surface area contributed by atoms with Gasteiger partial charge in [0, 0.05) is 19.2 Å². The average molecular weight is 349 g/mol. The highest BCUT2D eigenvalue weighted by molar-refractivity contribution is 5.92. The Bertz CT molecular complexity index is 905. The predicted molar refractivity (Wildman–Crippen MR) is 97.5 cm³/mol. The maximum atomic E-state index is 12.3. The fraction of sp³-hybridized carbons (Fsp3) is 0.158. The van der Waals surface area contributed by atoms with Crippen molar-refractivity contribution in [2.45, 2.75) is 20.0 Å². The van der Waals surface area contributed by atoms with Crippen molar-refractivity contribution in [2.24, 2.45) is 0 Å². The first-order chi connectivity index (χ1) is 12.6. The van der Waals surface area contributed by atoms with Crippen LogP contribution in [0.25, 0.3) is 0 Å². The highest BCUT2D eigenvalue weighted by Gasteiger charge is 2.12. The first kappa shape index (κ1) is 17.3. The number of para-hydroxylation sites is 1. The summed E-state index contributed by atoms with van der Waals surface area (Å²) in [6.07, 6.45) is 1.61. The van der Waals surface area contributed by atoms with E-state index < -0.39 is 0 Å². The minimum absolute atomic E-state index is 0.160. The van der Waals surface area contributed by atoms with Crippen LogP contribution in [-0.4, -0.2) is 26.8 Å². The first-order valence-electron chi connectivity index (χ1n) is 8.19. The van der Waals surface area contributed by atoms with Crippen LogP contribution in [0.15, 0.2) is 60.8 Å². The van der Waals surface area contributed by atoms with E-state index >= 15 is 0 Å².